The second-order valence-electron chi connectivity index (χ2n) is 10.3. The van der Waals surface area contributed by atoms with Crippen molar-refractivity contribution in [1.82, 2.24) is 4.90 Å². The summed E-state index contributed by atoms with van der Waals surface area (Å²) in [5, 5.41) is 0. The molecule has 0 saturated carbocycles. The van der Waals surface area contributed by atoms with Crippen LogP contribution < -0.4 is 9.64 Å². The van der Waals surface area contributed by atoms with Crippen LogP contribution in [-0.4, -0.2) is 37.4 Å². The molecule has 0 bridgehead atoms. The van der Waals surface area contributed by atoms with E-state index < -0.39 is 0 Å². The van der Waals surface area contributed by atoms with Gasteiger partial charge in [0.1, 0.15) is 11.6 Å². The molecule has 2 heterocycles. The monoisotopic (exact) mass is 510 g/mol. The molecule has 1 saturated heterocycles. The van der Waals surface area contributed by atoms with Crippen molar-refractivity contribution in [3.63, 3.8) is 0 Å². The van der Waals surface area contributed by atoms with Gasteiger partial charge in [0.05, 0.1) is 13.7 Å². The predicted octanol–water partition coefficient (Wildman–Crippen LogP) is 6.97. The number of methoxy groups -OCH3 is 1. The van der Waals surface area contributed by atoms with Gasteiger partial charge in [0.25, 0.3) is 0 Å². The van der Waals surface area contributed by atoms with Gasteiger partial charge in [-0.15, -0.1) is 0 Å². The number of benzene rings is 3. The molecule has 2 aliphatic rings. The summed E-state index contributed by atoms with van der Waals surface area (Å²) in [6.07, 6.45) is 4.83. The van der Waals surface area contributed by atoms with E-state index in [0.717, 1.165) is 66.3 Å². The van der Waals surface area contributed by atoms with E-state index in [0.29, 0.717) is 12.1 Å². The van der Waals surface area contributed by atoms with Crippen LogP contribution in [0.25, 0.3) is 5.70 Å². The summed E-state index contributed by atoms with van der Waals surface area (Å²) < 4.78 is 19.4. The summed E-state index contributed by atoms with van der Waals surface area (Å²) in [6, 6.07) is 23.5. The number of carbonyl (C=O) groups is 1. The lowest BCUT2D eigenvalue weighted by Crippen LogP contribution is -2.31. The summed E-state index contributed by atoms with van der Waals surface area (Å²) >= 11 is 0. The Morgan fingerprint density at radius 1 is 1.03 bits per heavy atom. The topological polar surface area (TPSA) is 32.8 Å². The van der Waals surface area contributed by atoms with E-state index in [4.69, 9.17) is 4.74 Å². The van der Waals surface area contributed by atoms with Crippen molar-refractivity contribution in [2.24, 2.45) is 5.92 Å². The minimum atomic E-state index is -0.215. The Kier molecular flexibility index (Phi) is 7.64. The van der Waals surface area contributed by atoms with Crippen LogP contribution in [-0.2, 0) is 4.79 Å². The number of Topliss-reactive ketones (excluding diaryl/α,β-unsaturated/α-hetero) is 1. The number of aryl methyl sites for hydroxylation is 1. The van der Waals surface area contributed by atoms with Crippen molar-refractivity contribution in [2.75, 3.05) is 31.6 Å². The van der Waals surface area contributed by atoms with E-state index in [9.17, 15) is 9.18 Å². The normalized spacial score (nSPS) is 19.8. The molecular formula is C33H35FN2O2. The molecule has 196 valence electrons. The predicted molar refractivity (Wildman–Crippen MR) is 152 cm³/mol. The molecule has 0 aromatic heterocycles. The molecule has 0 amide bonds. The van der Waals surface area contributed by atoms with E-state index in [1.807, 2.05) is 42.5 Å². The first kappa shape index (κ1) is 25.8. The Labute approximate surface area is 225 Å². The van der Waals surface area contributed by atoms with Crippen molar-refractivity contribution < 1.29 is 13.9 Å². The molecule has 5 rings (SSSR count). The average molecular weight is 511 g/mol. The van der Waals surface area contributed by atoms with Crippen LogP contribution in [0.15, 0.2) is 91.1 Å². The summed E-state index contributed by atoms with van der Waals surface area (Å²) in [7, 11) is 1.68. The van der Waals surface area contributed by atoms with Gasteiger partial charge >= 0.3 is 0 Å². The van der Waals surface area contributed by atoms with Gasteiger partial charge in [-0.05, 0) is 67.2 Å². The lowest BCUT2D eigenvalue weighted by Gasteiger charge is -2.27. The number of ether oxygens (including phenoxy) is 1. The zero-order valence-corrected chi connectivity index (χ0v) is 22.2. The van der Waals surface area contributed by atoms with Crippen LogP contribution in [0, 0.1) is 18.7 Å². The highest BCUT2D eigenvalue weighted by Crippen LogP contribution is 2.42. The summed E-state index contributed by atoms with van der Waals surface area (Å²) in [4.78, 5) is 18.1. The summed E-state index contributed by atoms with van der Waals surface area (Å²) in [6.45, 7) is 8.25. The van der Waals surface area contributed by atoms with Gasteiger partial charge in [-0.25, -0.2) is 4.39 Å². The standard InChI is InChI=1S/C33H35FN2O2/c1-23-19-27(14-15-31(23)34)30-21-32(25-9-5-4-6-10-25)36(24(30)2)22-33(37)26-11-8-17-35(18-16-26)28-12-7-13-29(20-28)38-3/h4-7,9-10,12-15,19-21,26,30H,2,8,11,16-18,22H2,1,3H3. The molecule has 0 radical (unpaired) electrons. The van der Waals surface area contributed by atoms with Crippen molar-refractivity contribution >= 4 is 17.2 Å². The maximum absolute atomic E-state index is 14.0. The van der Waals surface area contributed by atoms with Gasteiger partial charge in [0, 0.05) is 48.1 Å². The number of allylic oxidation sites excluding steroid dienone is 1. The third kappa shape index (κ3) is 5.38. The van der Waals surface area contributed by atoms with E-state index >= 15 is 0 Å². The lowest BCUT2D eigenvalue weighted by molar-refractivity contribution is -0.123. The molecule has 0 N–H and O–H groups in total. The fraction of sp³-hybridized carbons (Fsp3) is 0.303. The molecule has 3 aromatic rings. The van der Waals surface area contributed by atoms with Crippen molar-refractivity contribution in [3.8, 4) is 5.75 Å². The molecule has 2 atom stereocenters. The first-order valence-corrected chi connectivity index (χ1v) is 13.4. The maximum Gasteiger partial charge on any atom is 0.155 e. The van der Waals surface area contributed by atoms with Crippen LogP contribution in [0.3, 0.4) is 0 Å². The van der Waals surface area contributed by atoms with Gasteiger partial charge < -0.3 is 14.5 Å². The smallest absolute Gasteiger partial charge is 0.155 e. The largest absolute Gasteiger partial charge is 0.497 e. The minimum Gasteiger partial charge on any atom is -0.497 e. The van der Waals surface area contributed by atoms with E-state index in [1.165, 1.54) is 6.07 Å². The molecule has 4 nitrogen and oxygen atoms in total. The molecule has 2 aliphatic heterocycles. The van der Waals surface area contributed by atoms with E-state index in [-0.39, 0.29) is 23.4 Å². The van der Waals surface area contributed by atoms with Crippen LogP contribution in [0.5, 0.6) is 5.75 Å². The third-order valence-electron chi connectivity index (χ3n) is 7.85. The molecule has 0 aliphatic carbocycles. The molecule has 3 aromatic carbocycles. The fourth-order valence-corrected chi connectivity index (χ4v) is 5.63. The average Bonchev–Trinajstić information content (AvgIpc) is 3.10. The quantitative estimate of drug-likeness (QED) is 0.344. The van der Waals surface area contributed by atoms with Crippen LogP contribution in [0.1, 0.15) is 41.9 Å². The molecule has 1 fully saturated rings. The zero-order chi connectivity index (χ0) is 26.6. The number of nitrogens with zero attached hydrogens (tertiary/aromatic N) is 2. The number of ketones is 1. The Balaban J connectivity index is 1.33. The number of anilines is 1. The first-order valence-electron chi connectivity index (χ1n) is 13.4. The SMILES string of the molecule is C=C1C(c2ccc(F)c(C)c2)C=C(c2ccccc2)N1CC(=O)C1CCCN(c2cccc(OC)c2)CC1. The number of carbonyl (C=O) groups excluding carboxylic acids is 1. The number of hydrogen-bond donors (Lipinski definition) is 0. The Bertz CT molecular complexity index is 1350. The summed E-state index contributed by atoms with van der Waals surface area (Å²) in [5.41, 5.74) is 5.63. The lowest BCUT2D eigenvalue weighted by atomic mass is 9.94. The number of rotatable bonds is 7. The van der Waals surface area contributed by atoms with E-state index in [1.54, 1.807) is 14.0 Å². The second kappa shape index (κ2) is 11.3. The number of halogens is 1. The summed E-state index contributed by atoms with van der Waals surface area (Å²) in [5.74, 6) is 0.778. The molecule has 38 heavy (non-hydrogen) atoms. The van der Waals surface area contributed by atoms with Crippen LogP contribution in [0.4, 0.5) is 10.1 Å². The Morgan fingerprint density at radius 3 is 2.61 bits per heavy atom. The van der Waals surface area contributed by atoms with Gasteiger partial charge in [-0.2, -0.15) is 0 Å². The highest BCUT2D eigenvalue weighted by atomic mass is 19.1. The molecule has 2 unspecified atom stereocenters. The number of hydrogen-bond acceptors (Lipinski definition) is 4. The van der Waals surface area contributed by atoms with Gasteiger partial charge in [0.15, 0.2) is 5.78 Å². The van der Waals surface area contributed by atoms with Crippen molar-refractivity contribution in [3.05, 3.63) is 114 Å². The first-order chi connectivity index (χ1) is 18.4. The second-order valence-corrected chi connectivity index (χ2v) is 10.3. The Morgan fingerprint density at radius 2 is 1.84 bits per heavy atom. The minimum absolute atomic E-state index is 0.00236. The van der Waals surface area contributed by atoms with Crippen LogP contribution >= 0.6 is 0 Å². The van der Waals surface area contributed by atoms with Crippen molar-refractivity contribution in [2.45, 2.75) is 32.1 Å². The molecular weight excluding hydrogens is 475 g/mol. The zero-order valence-electron chi connectivity index (χ0n) is 22.2. The Hall–Kier alpha value is -3.86. The van der Waals surface area contributed by atoms with Crippen LogP contribution in [0.2, 0.25) is 0 Å². The highest BCUT2D eigenvalue weighted by Gasteiger charge is 2.33. The van der Waals surface area contributed by atoms with Gasteiger partial charge in [-0.3, -0.25) is 4.79 Å². The van der Waals surface area contributed by atoms with Crippen molar-refractivity contribution in [1.29, 1.82) is 0 Å². The molecule has 0 spiro atoms. The van der Waals surface area contributed by atoms with E-state index in [2.05, 4.69) is 46.7 Å². The third-order valence-corrected chi connectivity index (χ3v) is 7.85. The fourth-order valence-electron chi connectivity index (χ4n) is 5.63. The van der Waals surface area contributed by atoms with Gasteiger partial charge in [-0.1, -0.05) is 55.1 Å². The van der Waals surface area contributed by atoms with Gasteiger partial charge in [0.2, 0.25) is 0 Å². The highest BCUT2D eigenvalue weighted by molar-refractivity contribution is 5.86. The molecule has 5 heteroatoms. The maximum atomic E-state index is 14.0.